The summed E-state index contributed by atoms with van der Waals surface area (Å²) in [6.45, 7) is 1.61. The monoisotopic (exact) mass is 709 g/mol. The van der Waals surface area contributed by atoms with Crippen molar-refractivity contribution in [3.8, 4) is 0 Å². The van der Waals surface area contributed by atoms with Gasteiger partial charge in [-0.15, -0.1) is 0 Å². The van der Waals surface area contributed by atoms with Crippen molar-refractivity contribution in [3.05, 3.63) is 144 Å². The normalized spacial score (nSPS) is 15.4. The minimum absolute atomic E-state index is 0.0651. The fraction of sp³-hybridized carbons (Fsp3) is 0.300. The number of nitrogens with two attached hydrogens (primary N) is 1. The van der Waals surface area contributed by atoms with E-state index in [1.165, 1.54) is 4.90 Å². The number of carbonyl (C=O) groups excluding carboxylic acids is 4. The Morgan fingerprint density at radius 1 is 0.745 bits per heavy atom. The molecule has 0 aliphatic carbocycles. The lowest BCUT2D eigenvalue weighted by atomic mass is 10.1. The van der Waals surface area contributed by atoms with E-state index in [0.29, 0.717) is 23.1 Å². The predicted octanol–water partition coefficient (Wildman–Crippen LogP) is 6.08. The van der Waals surface area contributed by atoms with Crippen LogP contribution in [0.15, 0.2) is 121 Å². The van der Waals surface area contributed by atoms with Gasteiger partial charge in [-0.05, 0) is 42.0 Å². The molecule has 0 radical (unpaired) electrons. The molecule has 1 saturated heterocycles. The minimum Gasteiger partial charge on any atom is -0.461 e. The zero-order chi connectivity index (χ0) is 36.2. The quantitative estimate of drug-likeness (QED) is 0.116. The van der Waals surface area contributed by atoms with Gasteiger partial charge in [0.15, 0.2) is 7.29 Å². The number of likely N-dealkylation sites (tertiary alicyclic amines) is 1. The molecule has 3 atom stereocenters. The van der Waals surface area contributed by atoms with Gasteiger partial charge in [0.1, 0.15) is 25.3 Å². The van der Waals surface area contributed by atoms with Gasteiger partial charge in [-0.1, -0.05) is 121 Å². The van der Waals surface area contributed by atoms with Gasteiger partial charge < -0.3 is 20.1 Å². The summed E-state index contributed by atoms with van der Waals surface area (Å²) in [6.07, 6.45) is -0.0248. The Balaban J connectivity index is 1.60. The summed E-state index contributed by atoms with van der Waals surface area (Å²) in [5.74, 6) is -2.82. The Labute approximate surface area is 299 Å². The first kappa shape index (κ1) is 37.2. The zero-order valence-electron chi connectivity index (χ0n) is 28.7. The summed E-state index contributed by atoms with van der Waals surface area (Å²) < 4.78 is 28.3. The number of esters is 2. The van der Waals surface area contributed by atoms with Gasteiger partial charge in [0.2, 0.25) is 5.91 Å². The maximum Gasteiger partial charge on any atom is 0.330 e. The second-order valence-electron chi connectivity index (χ2n) is 12.8. The van der Waals surface area contributed by atoms with Crippen LogP contribution >= 0.6 is 7.29 Å². The second-order valence-corrected chi connectivity index (χ2v) is 15.5. The number of rotatable bonds is 15. The number of benzene rings is 4. The highest BCUT2D eigenvalue weighted by atomic mass is 31.2. The molecule has 4 aromatic carbocycles. The Morgan fingerprint density at radius 3 is 1.67 bits per heavy atom. The van der Waals surface area contributed by atoms with Crippen molar-refractivity contribution in [1.29, 1.82) is 0 Å². The number of nitrogens with zero attached hydrogens (tertiary/aromatic N) is 2. The molecule has 1 aliphatic rings. The third kappa shape index (κ3) is 10.0. The van der Waals surface area contributed by atoms with Crippen LogP contribution < -0.4 is 5.73 Å². The Morgan fingerprint density at radius 2 is 1.20 bits per heavy atom. The van der Waals surface area contributed by atoms with E-state index >= 15 is 9.36 Å². The standard InChI is InChI=1S/C40H44N3O7P/c1-30(41)38(45)42-24-14-23-35(42)39(46)43(51(48,28-33-19-10-4-11-20-33)29-34-21-12-5-13-22-34)36(40(47)50-27-32-17-8-3-9-18-32)25-37(44)49-26-31-15-6-2-7-16-31/h2-13,15-22,30,35-36H,14,23-29,41H2,1H3/t30-,35-,36-/m0/s1. The number of amides is 2. The van der Waals surface area contributed by atoms with Crippen molar-refractivity contribution >= 4 is 31.0 Å². The van der Waals surface area contributed by atoms with E-state index in [9.17, 15) is 14.4 Å². The van der Waals surface area contributed by atoms with Gasteiger partial charge >= 0.3 is 11.9 Å². The Hall–Kier alpha value is -5.05. The number of hydrogen-bond donors (Lipinski definition) is 1. The van der Waals surface area contributed by atoms with E-state index in [1.54, 1.807) is 91.9 Å². The van der Waals surface area contributed by atoms with Crippen molar-refractivity contribution in [3.63, 3.8) is 0 Å². The molecule has 0 spiro atoms. The summed E-state index contributed by atoms with van der Waals surface area (Å²) >= 11 is 0. The third-order valence-electron chi connectivity index (χ3n) is 8.77. The molecule has 2 N–H and O–H groups in total. The predicted molar refractivity (Wildman–Crippen MR) is 194 cm³/mol. The van der Waals surface area contributed by atoms with Gasteiger partial charge in [0, 0.05) is 18.9 Å². The average molecular weight is 710 g/mol. The second kappa shape index (κ2) is 17.7. The van der Waals surface area contributed by atoms with Crippen LogP contribution in [0.3, 0.4) is 0 Å². The van der Waals surface area contributed by atoms with Crippen molar-refractivity contribution in [1.82, 2.24) is 9.57 Å². The van der Waals surface area contributed by atoms with E-state index in [4.69, 9.17) is 15.2 Å². The largest absolute Gasteiger partial charge is 0.461 e. The highest BCUT2D eigenvalue weighted by Gasteiger charge is 2.49. The summed E-state index contributed by atoms with van der Waals surface area (Å²) in [6, 6.07) is 32.6. The van der Waals surface area contributed by atoms with E-state index in [0.717, 1.165) is 10.2 Å². The lowest BCUT2D eigenvalue weighted by Crippen LogP contribution is -2.54. The van der Waals surface area contributed by atoms with Crippen molar-refractivity contribution in [2.75, 3.05) is 6.54 Å². The van der Waals surface area contributed by atoms with Gasteiger partial charge in [0.25, 0.3) is 5.91 Å². The molecule has 266 valence electrons. The first-order valence-corrected chi connectivity index (χ1v) is 19.1. The van der Waals surface area contributed by atoms with E-state index in [-0.39, 0.29) is 38.5 Å². The number of hydrogen-bond acceptors (Lipinski definition) is 8. The molecule has 5 rings (SSSR count). The average Bonchev–Trinajstić information content (AvgIpc) is 3.64. The lowest BCUT2D eigenvalue weighted by molar-refractivity contribution is -0.159. The van der Waals surface area contributed by atoms with Crippen LogP contribution in [0.5, 0.6) is 0 Å². The Kier molecular flexibility index (Phi) is 12.9. The maximum absolute atomic E-state index is 15.9. The SMILES string of the molecule is C[C@H](N)C(=O)N1CCC[C@H]1C(=O)N([C@@H](CC(=O)OCc1ccccc1)C(=O)OCc1ccccc1)P(=O)(Cc1ccccc1)Cc1ccccc1. The zero-order valence-corrected chi connectivity index (χ0v) is 29.6. The number of ether oxygens (including phenoxy) is 2. The molecule has 0 bridgehead atoms. The molecular weight excluding hydrogens is 665 g/mol. The molecule has 2 amide bonds. The van der Waals surface area contributed by atoms with Crippen LogP contribution in [-0.4, -0.2) is 58.0 Å². The van der Waals surface area contributed by atoms with Crippen molar-refractivity contribution in [2.45, 2.75) is 69.8 Å². The smallest absolute Gasteiger partial charge is 0.330 e. The minimum atomic E-state index is -4.00. The summed E-state index contributed by atoms with van der Waals surface area (Å²) in [5, 5.41) is 0. The van der Waals surface area contributed by atoms with Crippen LogP contribution in [-0.2, 0) is 58.8 Å². The molecule has 10 nitrogen and oxygen atoms in total. The molecule has 51 heavy (non-hydrogen) atoms. The van der Waals surface area contributed by atoms with Gasteiger partial charge in [0.05, 0.1) is 12.5 Å². The molecule has 0 saturated carbocycles. The highest BCUT2D eigenvalue weighted by molar-refractivity contribution is 7.60. The first-order valence-electron chi connectivity index (χ1n) is 17.1. The summed E-state index contributed by atoms with van der Waals surface area (Å²) in [7, 11) is -4.00. The molecule has 0 aromatic heterocycles. The lowest BCUT2D eigenvalue weighted by Gasteiger charge is -2.40. The third-order valence-corrected chi connectivity index (χ3v) is 11.7. The van der Waals surface area contributed by atoms with Gasteiger partial charge in [-0.2, -0.15) is 0 Å². The highest BCUT2D eigenvalue weighted by Crippen LogP contribution is 2.58. The van der Waals surface area contributed by atoms with Crippen LogP contribution in [0.2, 0.25) is 0 Å². The molecule has 1 aliphatic heterocycles. The van der Waals surface area contributed by atoms with Crippen LogP contribution in [0.1, 0.15) is 48.4 Å². The molecule has 11 heteroatoms. The molecule has 4 aromatic rings. The summed E-state index contributed by atoms with van der Waals surface area (Å²) in [4.78, 5) is 57.7. The maximum atomic E-state index is 15.9. The van der Waals surface area contributed by atoms with Crippen molar-refractivity contribution < 1.29 is 33.2 Å². The van der Waals surface area contributed by atoms with E-state index in [1.807, 2.05) is 36.4 Å². The molecule has 1 heterocycles. The van der Waals surface area contributed by atoms with Crippen LogP contribution in [0.25, 0.3) is 0 Å². The van der Waals surface area contributed by atoms with E-state index in [2.05, 4.69) is 0 Å². The first-order chi connectivity index (χ1) is 24.6. The summed E-state index contributed by atoms with van der Waals surface area (Å²) in [5.41, 5.74) is 8.76. The van der Waals surface area contributed by atoms with E-state index < -0.39 is 55.6 Å². The fourth-order valence-electron chi connectivity index (χ4n) is 6.28. The van der Waals surface area contributed by atoms with Gasteiger partial charge in [-0.3, -0.25) is 23.6 Å². The Bertz CT molecular complexity index is 1760. The molecule has 1 fully saturated rings. The van der Waals surface area contributed by atoms with Crippen LogP contribution in [0.4, 0.5) is 0 Å². The fourth-order valence-corrected chi connectivity index (χ4v) is 9.44. The topological polar surface area (TPSA) is 136 Å². The van der Waals surface area contributed by atoms with Crippen molar-refractivity contribution in [2.24, 2.45) is 5.73 Å². The van der Waals surface area contributed by atoms with Gasteiger partial charge in [-0.25, -0.2) is 4.79 Å². The van der Waals surface area contributed by atoms with Crippen LogP contribution in [0, 0.1) is 0 Å². The molecular formula is C40H44N3O7P. The number of carbonyl (C=O) groups is 4. The molecule has 0 unspecified atom stereocenters.